The Hall–Kier alpha value is -3.43. The Kier molecular flexibility index (Phi) is 6.85. The first-order valence-electron chi connectivity index (χ1n) is 11.1. The molecule has 2 N–H and O–H groups in total. The van der Waals surface area contributed by atoms with E-state index in [2.05, 4.69) is 10.6 Å². The highest BCUT2D eigenvalue weighted by molar-refractivity contribution is 7.89. The number of hydrogen-bond donors (Lipinski definition) is 2. The number of aryl methyl sites for hydroxylation is 2. The molecule has 4 rings (SSSR count). The second-order valence-electron chi connectivity index (χ2n) is 8.45. The lowest BCUT2D eigenvalue weighted by Gasteiger charge is -2.31. The molecule has 1 aliphatic rings. The molecule has 0 bridgehead atoms. The molecular formula is C25H27N3O5S. The van der Waals surface area contributed by atoms with Gasteiger partial charge in [-0.2, -0.15) is 4.31 Å². The summed E-state index contributed by atoms with van der Waals surface area (Å²) in [5, 5.41) is 5.60. The van der Waals surface area contributed by atoms with Gasteiger partial charge in [-0.05, 0) is 74.7 Å². The molecule has 1 aromatic heterocycles. The van der Waals surface area contributed by atoms with Crippen molar-refractivity contribution >= 4 is 33.2 Å². The molecule has 0 aliphatic carbocycles. The number of sulfonamides is 1. The average Bonchev–Trinajstić information content (AvgIpc) is 3.35. The number of amides is 2. The van der Waals surface area contributed by atoms with Gasteiger partial charge in [-0.1, -0.05) is 17.7 Å². The summed E-state index contributed by atoms with van der Waals surface area (Å²) >= 11 is 0. The van der Waals surface area contributed by atoms with Crippen LogP contribution in [0.5, 0.6) is 0 Å². The second kappa shape index (κ2) is 9.82. The van der Waals surface area contributed by atoms with E-state index in [1.807, 2.05) is 13.0 Å². The van der Waals surface area contributed by atoms with Crippen LogP contribution in [0, 0.1) is 19.8 Å². The highest BCUT2D eigenvalue weighted by Gasteiger charge is 2.32. The molecule has 0 spiro atoms. The van der Waals surface area contributed by atoms with E-state index in [0.717, 1.165) is 11.1 Å². The van der Waals surface area contributed by atoms with Crippen molar-refractivity contribution in [2.24, 2.45) is 5.92 Å². The van der Waals surface area contributed by atoms with Gasteiger partial charge in [0.15, 0.2) is 5.76 Å². The van der Waals surface area contributed by atoms with Gasteiger partial charge in [-0.3, -0.25) is 9.59 Å². The number of nitrogens with one attached hydrogen (secondary N) is 2. The van der Waals surface area contributed by atoms with Crippen molar-refractivity contribution in [1.29, 1.82) is 0 Å². The normalized spacial score (nSPS) is 15.1. The van der Waals surface area contributed by atoms with Gasteiger partial charge in [0.05, 0.1) is 11.2 Å². The minimum atomic E-state index is -3.59. The van der Waals surface area contributed by atoms with Crippen LogP contribution in [0.2, 0.25) is 0 Å². The molecule has 0 radical (unpaired) electrons. The highest BCUT2D eigenvalue weighted by atomic mass is 32.2. The SMILES string of the molecule is Cc1ccc(S(=O)(=O)N2CCC(C(=O)Nc3ccc(NC(=O)c4ccco4)cc3)CC2)c(C)c1. The van der Waals surface area contributed by atoms with Crippen LogP contribution in [-0.4, -0.2) is 37.6 Å². The average molecular weight is 482 g/mol. The van der Waals surface area contributed by atoms with Gasteiger partial charge >= 0.3 is 0 Å². The van der Waals surface area contributed by atoms with E-state index in [-0.39, 0.29) is 23.5 Å². The Morgan fingerprint density at radius 3 is 2.18 bits per heavy atom. The zero-order valence-electron chi connectivity index (χ0n) is 19.1. The lowest BCUT2D eigenvalue weighted by atomic mass is 9.97. The van der Waals surface area contributed by atoms with Crippen LogP contribution in [-0.2, 0) is 14.8 Å². The van der Waals surface area contributed by atoms with Crippen molar-refractivity contribution < 1.29 is 22.4 Å². The molecule has 34 heavy (non-hydrogen) atoms. The van der Waals surface area contributed by atoms with E-state index >= 15 is 0 Å². The number of piperidine rings is 1. The molecule has 9 heteroatoms. The first kappa shape index (κ1) is 23.7. The van der Waals surface area contributed by atoms with Gasteiger partial charge in [0.1, 0.15) is 0 Å². The number of furan rings is 1. The molecule has 1 aliphatic heterocycles. The first-order valence-corrected chi connectivity index (χ1v) is 12.5. The molecule has 0 atom stereocenters. The summed E-state index contributed by atoms with van der Waals surface area (Å²) < 4.78 is 32.6. The highest BCUT2D eigenvalue weighted by Crippen LogP contribution is 2.27. The van der Waals surface area contributed by atoms with Crippen molar-refractivity contribution in [3.05, 3.63) is 77.7 Å². The van der Waals surface area contributed by atoms with Crippen molar-refractivity contribution in [2.75, 3.05) is 23.7 Å². The Morgan fingerprint density at radius 2 is 1.59 bits per heavy atom. The summed E-state index contributed by atoms with van der Waals surface area (Å²) in [6.45, 7) is 4.32. The maximum atomic E-state index is 13.1. The van der Waals surface area contributed by atoms with Gasteiger partial charge in [0, 0.05) is 30.4 Å². The Balaban J connectivity index is 1.31. The maximum Gasteiger partial charge on any atom is 0.291 e. The van der Waals surface area contributed by atoms with Crippen molar-refractivity contribution in [3.8, 4) is 0 Å². The molecular weight excluding hydrogens is 454 g/mol. The van der Waals surface area contributed by atoms with Gasteiger partial charge < -0.3 is 15.1 Å². The molecule has 0 saturated carbocycles. The Morgan fingerprint density at radius 1 is 0.941 bits per heavy atom. The van der Waals surface area contributed by atoms with Crippen molar-refractivity contribution in [1.82, 2.24) is 4.31 Å². The zero-order valence-corrected chi connectivity index (χ0v) is 19.9. The Labute approximate surface area is 199 Å². The lowest BCUT2D eigenvalue weighted by molar-refractivity contribution is -0.120. The Bertz CT molecular complexity index is 1280. The van der Waals surface area contributed by atoms with E-state index < -0.39 is 10.0 Å². The summed E-state index contributed by atoms with van der Waals surface area (Å²) in [6.07, 6.45) is 2.33. The van der Waals surface area contributed by atoms with Gasteiger partial charge in [0.25, 0.3) is 5.91 Å². The zero-order chi connectivity index (χ0) is 24.3. The van der Waals surface area contributed by atoms with Crippen molar-refractivity contribution in [2.45, 2.75) is 31.6 Å². The van der Waals surface area contributed by atoms with Crippen LogP contribution < -0.4 is 10.6 Å². The van der Waals surface area contributed by atoms with Crippen LogP contribution in [0.3, 0.4) is 0 Å². The summed E-state index contributed by atoms with van der Waals surface area (Å²) in [5.41, 5.74) is 2.92. The number of carbonyl (C=O) groups is 2. The fourth-order valence-corrected chi connectivity index (χ4v) is 5.74. The molecule has 0 unspecified atom stereocenters. The molecule has 2 amide bonds. The molecule has 8 nitrogen and oxygen atoms in total. The largest absolute Gasteiger partial charge is 0.459 e. The van der Waals surface area contributed by atoms with Crippen LogP contribution in [0.25, 0.3) is 0 Å². The summed E-state index contributed by atoms with van der Waals surface area (Å²) in [6, 6.07) is 15.3. The standard InChI is InChI=1S/C25H27N3O5S/c1-17-5-10-23(18(2)16-17)34(31,32)28-13-11-19(12-14-28)24(29)26-20-6-8-21(9-7-20)27-25(30)22-4-3-15-33-22/h3-10,15-16,19H,11-14H2,1-2H3,(H,26,29)(H,27,30). The fourth-order valence-electron chi connectivity index (χ4n) is 4.07. The maximum absolute atomic E-state index is 13.1. The first-order chi connectivity index (χ1) is 16.2. The van der Waals surface area contributed by atoms with E-state index in [0.29, 0.717) is 42.2 Å². The van der Waals surface area contributed by atoms with E-state index in [1.165, 1.54) is 10.6 Å². The predicted molar refractivity (Wildman–Crippen MR) is 129 cm³/mol. The monoisotopic (exact) mass is 481 g/mol. The van der Waals surface area contributed by atoms with Crippen LogP contribution >= 0.6 is 0 Å². The topological polar surface area (TPSA) is 109 Å². The van der Waals surface area contributed by atoms with Gasteiger partial charge in [-0.25, -0.2) is 8.42 Å². The quantitative estimate of drug-likeness (QED) is 0.549. The third kappa shape index (κ3) is 5.21. The van der Waals surface area contributed by atoms with Crippen LogP contribution in [0.4, 0.5) is 11.4 Å². The van der Waals surface area contributed by atoms with Gasteiger partial charge in [0.2, 0.25) is 15.9 Å². The number of carbonyl (C=O) groups excluding carboxylic acids is 2. The van der Waals surface area contributed by atoms with Crippen LogP contribution in [0.15, 0.2) is 70.2 Å². The second-order valence-corrected chi connectivity index (χ2v) is 10.4. The van der Waals surface area contributed by atoms with E-state index in [9.17, 15) is 18.0 Å². The van der Waals surface area contributed by atoms with Crippen molar-refractivity contribution in [3.63, 3.8) is 0 Å². The summed E-state index contributed by atoms with van der Waals surface area (Å²) in [7, 11) is -3.59. The molecule has 1 fully saturated rings. The molecule has 2 heterocycles. The summed E-state index contributed by atoms with van der Waals surface area (Å²) in [4.78, 5) is 25.1. The number of benzene rings is 2. The number of hydrogen-bond acceptors (Lipinski definition) is 5. The minimum absolute atomic E-state index is 0.143. The lowest BCUT2D eigenvalue weighted by Crippen LogP contribution is -2.41. The molecule has 2 aromatic carbocycles. The molecule has 3 aromatic rings. The molecule has 1 saturated heterocycles. The number of anilines is 2. The smallest absolute Gasteiger partial charge is 0.291 e. The minimum Gasteiger partial charge on any atom is -0.459 e. The third-order valence-corrected chi connectivity index (χ3v) is 7.99. The van der Waals surface area contributed by atoms with E-state index in [4.69, 9.17) is 4.42 Å². The summed E-state index contributed by atoms with van der Waals surface area (Å²) in [5.74, 6) is -0.563. The van der Waals surface area contributed by atoms with Gasteiger partial charge in [-0.15, -0.1) is 0 Å². The number of rotatable bonds is 6. The fraction of sp³-hybridized carbons (Fsp3) is 0.280. The predicted octanol–water partition coefficient (Wildman–Crippen LogP) is 4.19. The van der Waals surface area contributed by atoms with Crippen LogP contribution in [0.1, 0.15) is 34.5 Å². The molecule has 178 valence electrons. The third-order valence-electron chi connectivity index (χ3n) is 5.93. The number of nitrogens with zero attached hydrogens (tertiary/aromatic N) is 1. The van der Waals surface area contributed by atoms with E-state index in [1.54, 1.807) is 55.5 Å².